The number of rotatable bonds is 4. The highest BCUT2D eigenvalue weighted by Gasteiger charge is 2.42. The molecule has 1 saturated carbocycles. The number of nitrogens with zero attached hydrogens (tertiary/aromatic N) is 2. The number of anilines is 2. The molecule has 0 amide bonds. The number of hydrogen-bond donors (Lipinski definition) is 1. The van der Waals surface area contributed by atoms with E-state index < -0.39 is 0 Å². The number of aromatic nitrogens is 1. The Hall–Kier alpha value is -1.29. The van der Waals surface area contributed by atoms with Crippen LogP contribution in [0.3, 0.4) is 0 Å². The van der Waals surface area contributed by atoms with E-state index in [4.69, 9.17) is 4.74 Å². The molecule has 0 radical (unpaired) electrons. The Bertz CT molecular complexity index is 422. The quantitative estimate of drug-likeness (QED) is 0.903. The predicted octanol–water partition coefficient (Wildman–Crippen LogP) is 2.52. The van der Waals surface area contributed by atoms with E-state index in [9.17, 15) is 0 Å². The summed E-state index contributed by atoms with van der Waals surface area (Å²) in [6, 6.07) is 4.76. The summed E-state index contributed by atoms with van der Waals surface area (Å²) in [5, 5.41) is 3.57. The van der Waals surface area contributed by atoms with Crippen molar-refractivity contribution in [2.75, 3.05) is 36.5 Å². The number of morpholine rings is 1. The van der Waals surface area contributed by atoms with Gasteiger partial charge in [-0.3, -0.25) is 0 Å². The monoisotopic (exact) mass is 261 g/mol. The summed E-state index contributed by atoms with van der Waals surface area (Å²) in [6.07, 6.45) is 4.62. The van der Waals surface area contributed by atoms with Gasteiger partial charge >= 0.3 is 0 Å². The van der Waals surface area contributed by atoms with Gasteiger partial charge in [0.25, 0.3) is 0 Å². The minimum atomic E-state index is 0.489. The Labute approximate surface area is 115 Å². The van der Waals surface area contributed by atoms with E-state index in [-0.39, 0.29) is 0 Å². The normalized spacial score (nSPS) is 22.9. The molecular formula is C15H23N3O. The van der Waals surface area contributed by atoms with Crippen LogP contribution in [0.15, 0.2) is 18.3 Å². The van der Waals surface area contributed by atoms with Crippen LogP contribution in [0.1, 0.15) is 26.7 Å². The maximum Gasteiger partial charge on any atom is 0.128 e. The SMILES string of the molecule is CC(Nc1ccc(N2CCOCC2)nc1)C1(C)CC1. The third kappa shape index (κ3) is 2.84. The second-order valence-electron chi connectivity index (χ2n) is 6.02. The van der Waals surface area contributed by atoms with Crippen LogP contribution >= 0.6 is 0 Å². The van der Waals surface area contributed by atoms with Crippen molar-refractivity contribution in [1.29, 1.82) is 0 Å². The lowest BCUT2D eigenvalue weighted by Crippen LogP contribution is -2.36. The summed E-state index contributed by atoms with van der Waals surface area (Å²) in [7, 11) is 0. The van der Waals surface area contributed by atoms with Gasteiger partial charge in [-0.1, -0.05) is 6.92 Å². The fourth-order valence-corrected chi connectivity index (χ4v) is 2.51. The summed E-state index contributed by atoms with van der Waals surface area (Å²) < 4.78 is 5.36. The van der Waals surface area contributed by atoms with E-state index in [1.54, 1.807) is 0 Å². The van der Waals surface area contributed by atoms with E-state index >= 15 is 0 Å². The molecule has 1 unspecified atom stereocenters. The van der Waals surface area contributed by atoms with Crippen LogP contribution < -0.4 is 10.2 Å². The van der Waals surface area contributed by atoms with Crippen LogP contribution in [0, 0.1) is 5.41 Å². The first-order chi connectivity index (χ1) is 9.17. The molecule has 2 fully saturated rings. The van der Waals surface area contributed by atoms with Gasteiger partial charge in [0.05, 0.1) is 25.1 Å². The standard InChI is InChI=1S/C15H23N3O/c1-12(15(2)5-6-15)17-13-3-4-14(16-11-13)18-7-9-19-10-8-18/h3-4,11-12,17H,5-10H2,1-2H3. The number of nitrogens with one attached hydrogen (secondary N) is 1. The predicted molar refractivity (Wildman–Crippen MR) is 77.7 cm³/mol. The van der Waals surface area contributed by atoms with Gasteiger partial charge in [-0.2, -0.15) is 0 Å². The first kappa shape index (κ1) is 12.7. The van der Waals surface area contributed by atoms with E-state index in [1.807, 2.05) is 6.20 Å². The maximum absolute atomic E-state index is 5.36. The largest absolute Gasteiger partial charge is 0.381 e. The van der Waals surface area contributed by atoms with Crippen molar-refractivity contribution in [2.45, 2.75) is 32.7 Å². The fourth-order valence-electron chi connectivity index (χ4n) is 2.51. The van der Waals surface area contributed by atoms with Crippen molar-refractivity contribution in [3.8, 4) is 0 Å². The zero-order valence-electron chi connectivity index (χ0n) is 11.9. The van der Waals surface area contributed by atoms with Crippen LogP contribution in [-0.4, -0.2) is 37.3 Å². The van der Waals surface area contributed by atoms with Crippen molar-refractivity contribution in [3.63, 3.8) is 0 Å². The Morgan fingerprint density at radius 1 is 1.32 bits per heavy atom. The molecule has 1 atom stereocenters. The summed E-state index contributed by atoms with van der Waals surface area (Å²) in [4.78, 5) is 6.84. The van der Waals surface area contributed by atoms with Crippen molar-refractivity contribution < 1.29 is 4.74 Å². The van der Waals surface area contributed by atoms with Crippen LogP contribution in [0.2, 0.25) is 0 Å². The van der Waals surface area contributed by atoms with Gasteiger partial charge in [0.2, 0.25) is 0 Å². The molecule has 4 heteroatoms. The van der Waals surface area contributed by atoms with Crippen molar-refractivity contribution in [1.82, 2.24) is 4.98 Å². The second kappa shape index (κ2) is 5.00. The zero-order valence-corrected chi connectivity index (χ0v) is 11.9. The Kier molecular flexibility index (Phi) is 3.35. The van der Waals surface area contributed by atoms with Crippen LogP contribution in [-0.2, 0) is 4.74 Å². The summed E-state index contributed by atoms with van der Waals surface area (Å²) >= 11 is 0. The summed E-state index contributed by atoms with van der Waals surface area (Å²) in [5.74, 6) is 1.05. The van der Waals surface area contributed by atoms with Crippen molar-refractivity contribution in [2.24, 2.45) is 5.41 Å². The molecule has 1 aromatic rings. The lowest BCUT2D eigenvalue weighted by atomic mass is 10.0. The smallest absolute Gasteiger partial charge is 0.128 e. The highest BCUT2D eigenvalue weighted by molar-refractivity contribution is 5.49. The highest BCUT2D eigenvalue weighted by atomic mass is 16.5. The first-order valence-corrected chi connectivity index (χ1v) is 7.23. The van der Waals surface area contributed by atoms with Gasteiger partial charge in [-0.05, 0) is 37.3 Å². The molecule has 1 N–H and O–H groups in total. The third-order valence-corrected chi connectivity index (χ3v) is 4.55. The van der Waals surface area contributed by atoms with Gasteiger partial charge in [0.15, 0.2) is 0 Å². The first-order valence-electron chi connectivity index (χ1n) is 7.23. The van der Waals surface area contributed by atoms with Crippen molar-refractivity contribution in [3.05, 3.63) is 18.3 Å². The molecule has 2 aliphatic rings. The molecule has 2 heterocycles. The molecule has 104 valence electrons. The minimum Gasteiger partial charge on any atom is -0.381 e. The maximum atomic E-state index is 5.36. The molecule has 0 spiro atoms. The Balaban J connectivity index is 1.61. The Morgan fingerprint density at radius 3 is 2.63 bits per heavy atom. The van der Waals surface area contributed by atoms with Crippen LogP contribution in [0.4, 0.5) is 11.5 Å². The Morgan fingerprint density at radius 2 is 2.05 bits per heavy atom. The van der Waals surface area contributed by atoms with Crippen molar-refractivity contribution >= 4 is 11.5 Å². The summed E-state index contributed by atoms with van der Waals surface area (Å²) in [5.41, 5.74) is 1.61. The topological polar surface area (TPSA) is 37.4 Å². The average molecular weight is 261 g/mol. The second-order valence-corrected chi connectivity index (χ2v) is 6.02. The molecule has 0 aromatic carbocycles. The average Bonchev–Trinajstić information content (AvgIpc) is 3.20. The molecule has 3 rings (SSSR count). The highest BCUT2D eigenvalue weighted by Crippen LogP contribution is 2.48. The van der Waals surface area contributed by atoms with Gasteiger partial charge in [-0.15, -0.1) is 0 Å². The molecular weight excluding hydrogens is 238 g/mol. The molecule has 0 bridgehead atoms. The summed E-state index contributed by atoms with van der Waals surface area (Å²) in [6.45, 7) is 8.10. The van der Waals surface area contributed by atoms with Gasteiger partial charge in [0, 0.05) is 19.1 Å². The number of pyridine rings is 1. The minimum absolute atomic E-state index is 0.489. The lowest BCUT2D eigenvalue weighted by Gasteiger charge is -2.28. The molecule has 4 nitrogen and oxygen atoms in total. The van der Waals surface area contributed by atoms with E-state index in [1.165, 1.54) is 12.8 Å². The van der Waals surface area contributed by atoms with Crippen LogP contribution in [0.25, 0.3) is 0 Å². The lowest BCUT2D eigenvalue weighted by molar-refractivity contribution is 0.122. The molecule has 1 saturated heterocycles. The molecule has 1 aromatic heterocycles. The van der Waals surface area contributed by atoms with E-state index in [0.717, 1.165) is 37.8 Å². The zero-order chi connectivity index (χ0) is 13.3. The number of hydrogen-bond acceptors (Lipinski definition) is 4. The molecule has 1 aliphatic carbocycles. The molecule has 19 heavy (non-hydrogen) atoms. The molecule has 1 aliphatic heterocycles. The third-order valence-electron chi connectivity index (χ3n) is 4.55. The van der Waals surface area contributed by atoms with Gasteiger partial charge in [-0.25, -0.2) is 4.98 Å². The van der Waals surface area contributed by atoms with E-state index in [0.29, 0.717) is 11.5 Å². The fraction of sp³-hybridized carbons (Fsp3) is 0.667. The van der Waals surface area contributed by atoms with E-state index in [2.05, 4.69) is 41.2 Å². The van der Waals surface area contributed by atoms with Crippen LogP contribution in [0.5, 0.6) is 0 Å². The van der Waals surface area contributed by atoms with Gasteiger partial charge < -0.3 is 15.0 Å². The number of ether oxygens (including phenoxy) is 1. The van der Waals surface area contributed by atoms with Gasteiger partial charge in [0.1, 0.15) is 5.82 Å².